The molecule has 0 aromatic rings. The standard InChI is InChI=1S/C57H103NO18/c1-3-5-7-9-11-13-15-17-19-20-21-23-25-27-29-31-33-35-45(63)58-40(41(62)34-32-30-28-26-24-22-18-16-14-12-10-8-6-4-2)39-71-55-51(69)48(66)53(43(37-60)73-55)76-57-52(70)49(67)54(44(38-61)74-57)75-56-50(68)47(65)46(64)42(36-59)72-56/h5,7,11,13,17,19,40-44,46-57,59-62,64-70H,3-4,6,8-10,12,14-16,18,20-39H2,1-2H3,(H,58,63)/b7-5-,13-11-,19-17-. The van der Waals surface area contributed by atoms with Crippen molar-refractivity contribution >= 4 is 5.91 Å². The SMILES string of the molecule is CC/C=C\C/C=C\C/C=C\CCCCCCCCCC(=O)NC(COC1OC(CO)C(OC2OC(CO)C(OC3OC(CO)C(O)C(O)C3O)C(O)C2O)C(O)C1O)C(O)CCCCCCCCCCCCCCCC. The van der Waals surface area contributed by atoms with Crippen LogP contribution in [0.15, 0.2) is 36.5 Å². The van der Waals surface area contributed by atoms with Crippen LogP contribution in [0, 0.1) is 0 Å². The van der Waals surface area contributed by atoms with Crippen molar-refractivity contribution < 1.29 is 89.4 Å². The predicted octanol–water partition coefficient (Wildman–Crippen LogP) is 4.54. The molecule has 0 aliphatic carbocycles. The van der Waals surface area contributed by atoms with Crippen LogP contribution in [-0.2, 0) is 33.2 Å². The van der Waals surface area contributed by atoms with Crippen molar-refractivity contribution in [3.8, 4) is 0 Å². The molecular formula is C57H103NO18. The molecule has 3 saturated heterocycles. The number of hydrogen-bond donors (Lipinski definition) is 12. The largest absolute Gasteiger partial charge is 0.394 e. The third-order valence-electron chi connectivity index (χ3n) is 14.7. The predicted molar refractivity (Wildman–Crippen MR) is 286 cm³/mol. The molecule has 444 valence electrons. The van der Waals surface area contributed by atoms with Crippen LogP contribution >= 0.6 is 0 Å². The Morgan fingerprint density at radius 1 is 0.487 bits per heavy atom. The van der Waals surface area contributed by atoms with Crippen LogP contribution in [0.3, 0.4) is 0 Å². The maximum atomic E-state index is 13.3. The van der Waals surface area contributed by atoms with Gasteiger partial charge in [-0.05, 0) is 44.9 Å². The molecule has 3 aliphatic heterocycles. The van der Waals surface area contributed by atoms with Gasteiger partial charge in [0.2, 0.25) is 5.91 Å². The highest BCUT2D eigenvalue weighted by Crippen LogP contribution is 2.33. The molecule has 17 atom stereocenters. The van der Waals surface area contributed by atoms with Gasteiger partial charge >= 0.3 is 0 Å². The first kappa shape index (κ1) is 68.3. The number of rotatable bonds is 42. The Balaban J connectivity index is 1.51. The lowest BCUT2D eigenvalue weighted by molar-refractivity contribution is -0.379. The van der Waals surface area contributed by atoms with E-state index in [0.29, 0.717) is 12.8 Å². The molecule has 1 amide bonds. The normalized spacial score (nSPS) is 31.2. The van der Waals surface area contributed by atoms with Gasteiger partial charge in [0.25, 0.3) is 0 Å². The molecule has 0 radical (unpaired) electrons. The van der Waals surface area contributed by atoms with Crippen molar-refractivity contribution in [2.24, 2.45) is 0 Å². The Labute approximate surface area is 453 Å². The van der Waals surface area contributed by atoms with Gasteiger partial charge in [-0.15, -0.1) is 0 Å². The zero-order chi connectivity index (χ0) is 55.5. The minimum Gasteiger partial charge on any atom is -0.394 e. The number of carbonyl (C=O) groups excluding carboxylic acids is 1. The average molecular weight is 1090 g/mol. The second kappa shape index (κ2) is 41.1. The lowest BCUT2D eigenvalue weighted by Gasteiger charge is -2.48. The first-order valence-corrected chi connectivity index (χ1v) is 29.2. The minimum atomic E-state index is -1.97. The van der Waals surface area contributed by atoms with Crippen LogP contribution in [0.25, 0.3) is 0 Å². The van der Waals surface area contributed by atoms with Crippen LogP contribution in [0.4, 0.5) is 0 Å². The molecule has 12 N–H and O–H groups in total. The van der Waals surface area contributed by atoms with Crippen LogP contribution < -0.4 is 5.32 Å². The molecule has 0 saturated carbocycles. The fraction of sp³-hybridized carbons (Fsp3) is 0.877. The minimum absolute atomic E-state index is 0.255. The van der Waals surface area contributed by atoms with Gasteiger partial charge in [-0.1, -0.05) is 172 Å². The van der Waals surface area contributed by atoms with E-state index in [1.807, 2.05) is 0 Å². The van der Waals surface area contributed by atoms with Crippen LogP contribution in [0.5, 0.6) is 0 Å². The second-order valence-corrected chi connectivity index (χ2v) is 21.1. The molecule has 3 heterocycles. The number of aliphatic hydroxyl groups excluding tert-OH is 11. The monoisotopic (exact) mass is 1090 g/mol. The molecule has 0 spiro atoms. The Morgan fingerprint density at radius 3 is 1.42 bits per heavy atom. The van der Waals surface area contributed by atoms with E-state index in [1.165, 1.54) is 64.2 Å². The van der Waals surface area contributed by atoms with Crippen molar-refractivity contribution in [3.05, 3.63) is 36.5 Å². The highest BCUT2D eigenvalue weighted by Gasteiger charge is 2.53. The lowest BCUT2D eigenvalue weighted by atomic mass is 9.96. The summed E-state index contributed by atoms with van der Waals surface area (Å²) in [5, 5.41) is 120. The maximum absolute atomic E-state index is 13.3. The fourth-order valence-corrected chi connectivity index (χ4v) is 9.91. The van der Waals surface area contributed by atoms with Crippen LogP contribution in [0.1, 0.15) is 187 Å². The summed E-state index contributed by atoms with van der Waals surface area (Å²) >= 11 is 0. The third-order valence-corrected chi connectivity index (χ3v) is 14.7. The average Bonchev–Trinajstić information content (AvgIpc) is 3.41. The van der Waals surface area contributed by atoms with Gasteiger partial charge in [-0.3, -0.25) is 4.79 Å². The van der Waals surface area contributed by atoms with Gasteiger partial charge in [0.1, 0.15) is 73.2 Å². The summed E-state index contributed by atoms with van der Waals surface area (Å²) in [5.74, 6) is -0.255. The summed E-state index contributed by atoms with van der Waals surface area (Å²) in [7, 11) is 0. The van der Waals surface area contributed by atoms with E-state index in [4.69, 9.17) is 28.4 Å². The first-order chi connectivity index (χ1) is 36.8. The Kier molecular flexibility index (Phi) is 36.9. The topological polar surface area (TPSA) is 307 Å². The Hall–Kier alpha value is -1.99. The third kappa shape index (κ3) is 25.2. The summed E-state index contributed by atoms with van der Waals surface area (Å²) in [4.78, 5) is 13.3. The summed E-state index contributed by atoms with van der Waals surface area (Å²) < 4.78 is 34.3. The van der Waals surface area contributed by atoms with Gasteiger partial charge in [0.15, 0.2) is 18.9 Å². The number of nitrogens with one attached hydrogen (secondary N) is 1. The van der Waals surface area contributed by atoms with Crippen molar-refractivity contribution in [1.82, 2.24) is 5.32 Å². The van der Waals surface area contributed by atoms with Gasteiger partial charge < -0.3 is 89.9 Å². The molecule has 3 aliphatic rings. The van der Waals surface area contributed by atoms with E-state index in [2.05, 4.69) is 55.6 Å². The molecule has 17 unspecified atom stereocenters. The van der Waals surface area contributed by atoms with Crippen molar-refractivity contribution in [2.75, 3.05) is 26.4 Å². The van der Waals surface area contributed by atoms with Gasteiger partial charge in [-0.25, -0.2) is 0 Å². The summed E-state index contributed by atoms with van der Waals surface area (Å²) in [6.07, 6.45) is 15.1. The summed E-state index contributed by atoms with van der Waals surface area (Å²) in [6.45, 7) is 1.65. The molecule has 19 nitrogen and oxygen atoms in total. The number of amides is 1. The number of aliphatic hydroxyl groups is 11. The number of unbranched alkanes of at least 4 members (excludes halogenated alkanes) is 20. The molecular weight excluding hydrogens is 987 g/mol. The fourth-order valence-electron chi connectivity index (χ4n) is 9.91. The molecule has 0 aromatic heterocycles. The van der Waals surface area contributed by atoms with E-state index >= 15 is 0 Å². The van der Waals surface area contributed by atoms with E-state index < -0.39 is 124 Å². The highest BCUT2D eigenvalue weighted by atomic mass is 16.8. The Bertz CT molecular complexity index is 1540. The van der Waals surface area contributed by atoms with E-state index in [9.17, 15) is 61.0 Å². The van der Waals surface area contributed by atoms with E-state index in [0.717, 1.165) is 89.9 Å². The number of carbonyl (C=O) groups is 1. The van der Waals surface area contributed by atoms with Gasteiger partial charge in [-0.2, -0.15) is 0 Å². The van der Waals surface area contributed by atoms with Crippen molar-refractivity contribution in [1.29, 1.82) is 0 Å². The molecule has 76 heavy (non-hydrogen) atoms. The molecule has 0 aromatic carbocycles. The maximum Gasteiger partial charge on any atom is 0.220 e. The number of ether oxygens (including phenoxy) is 6. The van der Waals surface area contributed by atoms with Gasteiger partial charge in [0.05, 0.1) is 38.6 Å². The number of hydrogen-bond acceptors (Lipinski definition) is 18. The molecule has 3 rings (SSSR count). The first-order valence-electron chi connectivity index (χ1n) is 29.2. The van der Waals surface area contributed by atoms with E-state index in [-0.39, 0.29) is 18.9 Å². The second-order valence-electron chi connectivity index (χ2n) is 21.1. The van der Waals surface area contributed by atoms with Crippen molar-refractivity contribution in [3.63, 3.8) is 0 Å². The van der Waals surface area contributed by atoms with E-state index in [1.54, 1.807) is 0 Å². The smallest absolute Gasteiger partial charge is 0.220 e. The van der Waals surface area contributed by atoms with Crippen molar-refractivity contribution in [2.45, 2.75) is 291 Å². The molecule has 19 heteroatoms. The summed E-state index contributed by atoms with van der Waals surface area (Å²) in [5.41, 5.74) is 0. The number of allylic oxidation sites excluding steroid dienone is 6. The lowest BCUT2D eigenvalue weighted by Crippen LogP contribution is -2.66. The molecule has 0 bridgehead atoms. The quantitative estimate of drug-likeness (QED) is 0.0295. The van der Waals surface area contributed by atoms with Gasteiger partial charge in [0, 0.05) is 6.42 Å². The molecule has 3 fully saturated rings. The highest BCUT2D eigenvalue weighted by molar-refractivity contribution is 5.76. The summed E-state index contributed by atoms with van der Waals surface area (Å²) in [6, 6.07) is -0.891. The Morgan fingerprint density at radius 2 is 0.908 bits per heavy atom. The zero-order valence-electron chi connectivity index (χ0n) is 46.0. The van der Waals surface area contributed by atoms with Crippen LogP contribution in [0.2, 0.25) is 0 Å². The van der Waals surface area contributed by atoms with Crippen LogP contribution in [-0.4, -0.2) is 193 Å². The zero-order valence-corrected chi connectivity index (χ0v) is 46.0.